The maximum absolute atomic E-state index is 12.5. The Bertz CT molecular complexity index is 733. The van der Waals surface area contributed by atoms with Gasteiger partial charge >= 0.3 is 0 Å². The Hall–Kier alpha value is -1.35. The summed E-state index contributed by atoms with van der Waals surface area (Å²) in [6.07, 6.45) is 3.88. The molecule has 0 aromatic heterocycles. The number of rotatable bonds is 8. The Labute approximate surface area is 154 Å². The van der Waals surface area contributed by atoms with Crippen LogP contribution in [0, 0.1) is 5.92 Å². The molecule has 1 atom stereocenters. The average Bonchev–Trinajstić information content (AvgIpc) is 3.44. The maximum atomic E-state index is 12.5. The van der Waals surface area contributed by atoms with Crippen LogP contribution in [0.2, 0.25) is 0 Å². The minimum Gasteiger partial charge on any atom is -0.495 e. The Morgan fingerprint density at radius 1 is 1.32 bits per heavy atom. The van der Waals surface area contributed by atoms with Crippen molar-refractivity contribution >= 4 is 28.3 Å². The quantitative estimate of drug-likeness (QED) is 0.614. The van der Waals surface area contributed by atoms with Crippen molar-refractivity contribution in [1.29, 1.82) is 0 Å². The Morgan fingerprint density at radius 3 is 2.56 bits per heavy atom. The fourth-order valence-electron chi connectivity index (χ4n) is 2.52. The number of nitrogens with one attached hydrogen (secondary N) is 2. The average molecular weight is 390 g/mol. The fraction of sp³-hybridized carbons (Fsp3) is 0.562. The number of carbonyl (C=O) groups is 1. The molecule has 7 nitrogen and oxygen atoms in total. The Morgan fingerprint density at radius 2 is 2.00 bits per heavy atom. The molecular formula is C16H24ClN3O4S. The van der Waals surface area contributed by atoms with E-state index in [1.807, 2.05) is 0 Å². The molecule has 25 heavy (non-hydrogen) atoms. The molecule has 3 rings (SSSR count). The summed E-state index contributed by atoms with van der Waals surface area (Å²) in [5, 5.41) is 2.77. The summed E-state index contributed by atoms with van der Waals surface area (Å²) in [7, 11) is -2.31. The maximum Gasteiger partial charge on any atom is 0.251 e. The molecule has 1 aromatic carbocycles. The molecule has 1 aromatic rings. The molecule has 2 aliphatic carbocycles. The van der Waals surface area contributed by atoms with Crippen LogP contribution in [0.25, 0.3) is 0 Å². The van der Waals surface area contributed by atoms with Gasteiger partial charge in [-0.2, -0.15) is 0 Å². The zero-order valence-electron chi connectivity index (χ0n) is 14.0. The van der Waals surface area contributed by atoms with Crippen LogP contribution in [0.5, 0.6) is 5.75 Å². The van der Waals surface area contributed by atoms with Gasteiger partial charge in [0, 0.05) is 24.2 Å². The number of amides is 1. The molecule has 0 heterocycles. The molecule has 0 aliphatic heterocycles. The van der Waals surface area contributed by atoms with Crippen LogP contribution in [0.1, 0.15) is 36.0 Å². The van der Waals surface area contributed by atoms with Gasteiger partial charge in [0.1, 0.15) is 10.6 Å². The summed E-state index contributed by atoms with van der Waals surface area (Å²) >= 11 is 0. The first-order chi connectivity index (χ1) is 11.4. The van der Waals surface area contributed by atoms with Crippen molar-refractivity contribution < 1.29 is 17.9 Å². The molecule has 140 valence electrons. The summed E-state index contributed by atoms with van der Waals surface area (Å²) < 4.78 is 32.7. The van der Waals surface area contributed by atoms with Gasteiger partial charge in [-0.15, -0.1) is 12.4 Å². The highest BCUT2D eigenvalue weighted by Crippen LogP contribution is 2.31. The van der Waals surface area contributed by atoms with Gasteiger partial charge < -0.3 is 15.8 Å². The highest BCUT2D eigenvalue weighted by molar-refractivity contribution is 7.89. The van der Waals surface area contributed by atoms with Crippen LogP contribution in [0.4, 0.5) is 0 Å². The largest absolute Gasteiger partial charge is 0.495 e. The number of hydrogen-bond acceptors (Lipinski definition) is 5. The molecule has 2 aliphatic rings. The summed E-state index contributed by atoms with van der Waals surface area (Å²) in [4.78, 5) is 12.3. The molecule has 2 saturated carbocycles. The van der Waals surface area contributed by atoms with Crippen molar-refractivity contribution in [2.75, 3.05) is 13.7 Å². The number of nitrogens with two attached hydrogens (primary N) is 1. The lowest BCUT2D eigenvalue weighted by Gasteiger charge is -2.14. The number of carbonyl (C=O) groups excluding carboxylic acids is 1. The predicted molar refractivity (Wildman–Crippen MR) is 96.6 cm³/mol. The predicted octanol–water partition coefficient (Wildman–Crippen LogP) is 1.02. The highest BCUT2D eigenvalue weighted by atomic mass is 35.5. The number of benzene rings is 1. The van der Waals surface area contributed by atoms with Gasteiger partial charge in [-0.05, 0) is 49.8 Å². The van der Waals surface area contributed by atoms with Gasteiger partial charge in [0.15, 0.2) is 0 Å². The molecule has 0 saturated heterocycles. The molecule has 0 radical (unpaired) electrons. The first-order valence-electron chi connectivity index (χ1n) is 8.15. The van der Waals surface area contributed by atoms with E-state index < -0.39 is 10.0 Å². The molecule has 0 bridgehead atoms. The molecule has 2 fully saturated rings. The number of hydrogen-bond donors (Lipinski definition) is 3. The minimum atomic E-state index is -3.71. The smallest absolute Gasteiger partial charge is 0.251 e. The normalized spacial score (nSPS) is 18.2. The third kappa shape index (κ3) is 5.07. The first-order valence-corrected chi connectivity index (χ1v) is 9.63. The van der Waals surface area contributed by atoms with Crippen molar-refractivity contribution in [3.63, 3.8) is 0 Å². The third-order valence-corrected chi connectivity index (χ3v) is 5.88. The van der Waals surface area contributed by atoms with Crippen molar-refractivity contribution in [1.82, 2.24) is 10.0 Å². The number of ether oxygens (including phenoxy) is 1. The zero-order valence-corrected chi connectivity index (χ0v) is 15.7. The number of halogens is 1. The number of methoxy groups -OCH3 is 1. The van der Waals surface area contributed by atoms with Crippen LogP contribution in [-0.4, -0.2) is 40.1 Å². The fourth-order valence-corrected chi connectivity index (χ4v) is 4.02. The van der Waals surface area contributed by atoms with Crippen molar-refractivity contribution in [3.05, 3.63) is 23.8 Å². The molecule has 9 heteroatoms. The molecule has 0 spiro atoms. The summed E-state index contributed by atoms with van der Waals surface area (Å²) in [5.74, 6) is 0.367. The summed E-state index contributed by atoms with van der Waals surface area (Å²) in [5.41, 5.74) is 6.24. The lowest BCUT2D eigenvalue weighted by molar-refractivity contribution is 0.0950. The van der Waals surface area contributed by atoms with E-state index in [0.29, 0.717) is 12.5 Å². The topological polar surface area (TPSA) is 111 Å². The third-order valence-electron chi connectivity index (χ3n) is 4.34. The number of sulfonamides is 1. The van der Waals surface area contributed by atoms with Crippen LogP contribution in [0.3, 0.4) is 0 Å². The van der Waals surface area contributed by atoms with Crippen LogP contribution in [-0.2, 0) is 10.0 Å². The standard InChI is InChI=1S/C16H23N3O4S.ClH/c1-23-14-7-4-11(16(20)18-9-13(17)10-2-3-10)8-15(14)24(21,22)19-12-5-6-12;/h4,7-8,10,12-13,19H,2-3,5-6,9,17H2,1H3,(H,18,20);1H. The van der Waals surface area contributed by atoms with Crippen molar-refractivity contribution in [3.8, 4) is 5.75 Å². The van der Waals surface area contributed by atoms with Gasteiger partial charge in [-0.1, -0.05) is 0 Å². The van der Waals surface area contributed by atoms with Crippen LogP contribution >= 0.6 is 12.4 Å². The van der Waals surface area contributed by atoms with E-state index in [2.05, 4.69) is 10.0 Å². The second-order valence-electron chi connectivity index (χ2n) is 6.47. The van der Waals surface area contributed by atoms with Gasteiger partial charge in [0.05, 0.1) is 7.11 Å². The highest BCUT2D eigenvalue weighted by Gasteiger charge is 2.31. The van der Waals surface area contributed by atoms with E-state index in [1.54, 1.807) is 6.07 Å². The van der Waals surface area contributed by atoms with Crippen LogP contribution in [0.15, 0.2) is 23.1 Å². The molecule has 4 N–H and O–H groups in total. The van der Waals surface area contributed by atoms with E-state index in [-0.39, 0.29) is 46.6 Å². The van der Waals surface area contributed by atoms with Crippen LogP contribution < -0.4 is 20.5 Å². The molecular weight excluding hydrogens is 366 g/mol. The Kier molecular flexibility index (Phi) is 6.31. The lowest BCUT2D eigenvalue weighted by Crippen LogP contribution is -2.38. The minimum absolute atomic E-state index is 0. The lowest BCUT2D eigenvalue weighted by atomic mass is 10.1. The van der Waals surface area contributed by atoms with E-state index in [0.717, 1.165) is 25.7 Å². The van der Waals surface area contributed by atoms with E-state index in [4.69, 9.17) is 10.5 Å². The second-order valence-corrected chi connectivity index (χ2v) is 8.15. The second kappa shape index (κ2) is 7.90. The van der Waals surface area contributed by atoms with Gasteiger partial charge in [-0.3, -0.25) is 4.79 Å². The Balaban J connectivity index is 0.00000225. The molecule has 1 unspecified atom stereocenters. The van der Waals surface area contributed by atoms with E-state index >= 15 is 0 Å². The van der Waals surface area contributed by atoms with E-state index in [1.165, 1.54) is 19.2 Å². The van der Waals surface area contributed by atoms with Gasteiger partial charge in [0.2, 0.25) is 10.0 Å². The first kappa shape index (κ1) is 20.0. The van der Waals surface area contributed by atoms with Gasteiger partial charge in [-0.25, -0.2) is 13.1 Å². The monoisotopic (exact) mass is 389 g/mol. The summed E-state index contributed by atoms with van der Waals surface area (Å²) in [6.45, 7) is 0.387. The van der Waals surface area contributed by atoms with E-state index in [9.17, 15) is 13.2 Å². The SMILES string of the molecule is COc1ccc(C(=O)NCC(N)C2CC2)cc1S(=O)(=O)NC1CC1.Cl. The summed E-state index contributed by atoms with van der Waals surface area (Å²) in [6, 6.07) is 4.33. The van der Waals surface area contributed by atoms with Crippen molar-refractivity contribution in [2.24, 2.45) is 11.7 Å². The van der Waals surface area contributed by atoms with Gasteiger partial charge in [0.25, 0.3) is 5.91 Å². The van der Waals surface area contributed by atoms with Crippen molar-refractivity contribution in [2.45, 2.75) is 42.7 Å². The zero-order chi connectivity index (χ0) is 17.3. The molecule has 1 amide bonds.